The number of fused-ring (bicyclic) bond motifs is 7. The number of benzene rings is 8. The maximum Gasteiger partial charge on any atom is -0.0544 e. The molecule has 8 aromatic carbocycles. The third-order valence-corrected chi connectivity index (χ3v) is 12.4. The fraction of sp³-hybridized carbons (Fsp3) is 0. The zero-order valence-corrected chi connectivity index (χ0v) is 29.2. The van der Waals surface area contributed by atoms with Crippen LogP contribution < -0.4 is 0 Å². The molecule has 0 unspecified atom stereocenters. The summed E-state index contributed by atoms with van der Waals surface area (Å²) in [5.74, 6) is 1.98. The van der Waals surface area contributed by atoms with Crippen LogP contribution in [0.3, 0.4) is 0 Å². The minimum atomic E-state index is 0.144. The Kier molecular flexibility index (Phi) is 7.16. The predicted octanol–water partition coefficient (Wildman–Crippen LogP) is 11.9. The van der Waals surface area contributed by atoms with Gasteiger partial charge in [0.2, 0.25) is 0 Å². The Bertz CT molecular complexity index is 2900. The van der Waals surface area contributed by atoms with Crippen molar-refractivity contribution in [1.82, 2.24) is 15.0 Å². The summed E-state index contributed by atoms with van der Waals surface area (Å²) in [4.78, 5) is 15.5. The fourth-order valence-corrected chi connectivity index (χ4v) is 10.2. The molecule has 0 N–H and O–H groups in total. The van der Waals surface area contributed by atoms with Gasteiger partial charge in [-0.25, -0.2) is 0 Å². The van der Waals surface area contributed by atoms with E-state index in [0.29, 0.717) is 17.5 Å². The standard InChI is InChI=1S/C47H29N3Se/c1-4-14-30(15-5-1)33-20-12-21-35(28-33)46-48-45(32-18-8-3-9-19-32)49-47(50-46)41-29-34-26-27-40-39-25-13-24-36(31-16-6-2-7-17-31)43(39)51-44(40)42(34)38-23-11-10-22-37(38)41/h1-29H. The van der Waals surface area contributed by atoms with Gasteiger partial charge in [0.05, 0.1) is 0 Å². The molecule has 0 aliphatic carbocycles. The molecule has 238 valence electrons. The molecule has 10 rings (SSSR count). The van der Waals surface area contributed by atoms with E-state index >= 15 is 0 Å². The average molecular weight is 715 g/mol. The molecule has 0 amide bonds. The average Bonchev–Trinajstić information content (AvgIpc) is 3.60. The van der Waals surface area contributed by atoms with Gasteiger partial charge in [-0.3, -0.25) is 0 Å². The van der Waals surface area contributed by atoms with Crippen molar-refractivity contribution >= 4 is 55.3 Å². The van der Waals surface area contributed by atoms with Gasteiger partial charge in [-0.1, -0.05) is 30.3 Å². The molecular weight excluding hydrogens is 685 g/mol. The minimum Gasteiger partial charge on any atom is -0.0617 e. The maximum atomic E-state index is 5.22. The molecule has 0 atom stereocenters. The molecule has 0 radical (unpaired) electrons. The Labute approximate surface area is 301 Å². The fourth-order valence-electron chi connectivity index (χ4n) is 7.28. The van der Waals surface area contributed by atoms with Crippen molar-refractivity contribution in [3.63, 3.8) is 0 Å². The van der Waals surface area contributed by atoms with Crippen molar-refractivity contribution in [2.75, 3.05) is 0 Å². The first-order valence-electron chi connectivity index (χ1n) is 17.1. The third kappa shape index (κ3) is 5.16. The maximum absolute atomic E-state index is 5.22. The quantitative estimate of drug-likeness (QED) is 0.132. The van der Waals surface area contributed by atoms with Gasteiger partial charge >= 0.3 is 272 Å². The molecule has 0 saturated heterocycles. The molecule has 0 spiro atoms. The van der Waals surface area contributed by atoms with Gasteiger partial charge in [-0.15, -0.1) is 0 Å². The van der Waals surface area contributed by atoms with Gasteiger partial charge in [0.15, 0.2) is 0 Å². The topological polar surface area (TPSA) is 38.7 Å². The second-order valence-electron chi connectivity index (χ2n) is 12.8. The first-order chi connectivity index (χ1) is 25.3. The smallest absolute Gasteiger partial charge is 0.0544 e. The Morgan fingerprint density at radius 1 is 0.314 bits per heavy atom. The summed E-state index contributed by atoms with van der Waals surface area (Å²) in [6, 6.07) is 62.4. The minimum absolute atomic E-state index is 0.144. The summed E-state index contributed by atoms with van der Waals surface area (Å²) in [6.07, 6.45) is 0. The van der Waals surface area contributed by atoms with Crippen LogP contribution in [0.1, 0.15) is 0 Å². The summed E-state index contributed by atoms with van der Waals surface area (Å²) in [6.45, 7) is 0. The Morgan fingerprint density at radius 2 is 0.863 bits per heavy atom. The number of aromatic nitrogens is 3. The molecule has 51 heavy (non-hydrogen) atoms. The summed E-state index contributed by atoms with van der Waals surface area (Å²) >= 11 is 0.144. The molecule has 2 heterocycles. The van der Waals surface area contributed by atoms with Gasteiger partial charge in [0.1, 0.15) is 0 Å². The Balaban J connectivity index is 1.21. The van der Waals surface area contributed by atoms with Crippen LogP contribution in [0.4, 0.5) is 0 Å². The summed E-state index contributed by atoms with van der Waals surface area (Å²) in [5, 5.41) is 7.60. The van der Waals surface area contributed by atoms with E-state index in [0.717, 1.165) is 33.2 Å². The zero-order valence-electron chi connectivity index (χ0n) is 27.5. The molecule has 2 aromatic heterocycles. The molecule has 0 bridgehead atoms. The van der Waals surface area contributed by atoms with Gasteiger partial charge in [0, 0.05) is 0 Å². The van der Waals surface area contributed by atoms with Crippen LogP contribution in [-0.2, 0) is 0 Å². The van der Waals surface area contributed by atoms with Crippen LogP contribution >= 0.6 is 0 Å². The summed E-state index contributed by atoms with van der Waals surface area (Å²) < 4.78 is 2.90. The van der Waals surface area contributed by atoms with E-state index in [9.17, 15) is 0 Å². The van der Waals surface area contributed by atoms with Crippen molar-refractivity contribution in [1.29, 1.82) is 0 Å². The van der Waals surface area contributed by atoms with E-state index in [1.807, 2.05) is 24.3 Å². The molecule has 0 saturated carbocycles. The second kappa shape index (κ2) is 12.3. The van der Waals surface area contributed by atoms with Gasteiger partial charge in [-0.2, -0.15) is 0 Å². The molecule has 4 heteroatoms. The van der Waals surface area contributed by atoms with Crippen LogP contribution in [0, 0.1) is 0 Å². The van der Waals surface area contributed by atoms with Crippen LogP contribution in [0.15, 0.2) is 176 Å². The largest absolute Gasteiger partial charge is 0.0617 e. The van der Waals surface area contributed by atoms with E-state index in [4.69, 9.17) is 15.0 Å². The monoisotopic (exact) mass is 715 g/mol. The molecule has 0 fully saturated rings. The number of nitrogens with zero attached hydrogens (tertiary/aromatic N) is 3. The zero-order chi connectivity index (χ0) is 33.7. The van der Waals surface area contributed by atoms with E-state index in [1.54, 1.807) is 0 Å². The molecule has 3 nitrogen and oxygen atoms in total. The first kappa shape index (κ1) is 29.7. The van der Waals surface area contributed by atoms with E-state index in [-0.39, 0.29) is 14.5 Å². The van der Waals surface area contributed by atoms with Crippen molar-refractivity contribution < 1.29 is 0 Å². The summed E-state index contributed by atoms with van der Waals surface area (Å²) in [5.41, 5.74) is 7.81. The van der Waals surface area contributed by atoms with Crippen LogP contribution in [0.25, 0.3) is 97.3 Å². The number of hydrogen-bond acceptors (Lipinski definition) is 3. The first-order valence-corrected chi connectivity index (χ1v) is 18.8. The molecule has 0 aliphatic rings. The van der Waals surface area contributed by atoms with Crippen molar-refractivity contribution in [2.45, 2.75) is 0 Å². The normalized spacial score (nSPS) is 11.5. The van der Waals surface area contributed by atoms with E-state index in [1.165, 1.54) is 46.6 Å². The van der Waals surface area contributed by atoms with Crippen LogP contribution in [0.2, 0.25) is 0 Å². The number of hydrogen-bond donors (Lipinski definition) is 0. The van der Waals surface area contributed by atoms with Gasteiger partial charge in [0.25, 0.3) is 0 Å². The SMILES string of the molecule is c1ccc(-c2cccc(-c3nc(-c4ccccc4)nc(-c4cc5ccc6c7cccc(-c8ccccc8)c7[se]c6c5c5ccccc45)n3)c2)cc1. The molecule has 10 aromatic rings. The Hall–Kier alpha value is -6.19. The van der Waals surface area contributed by atoms with Crippen molar-refractivity contribution in [3.05, 3.63) is 176 Å². The van der Waals surface area contributed by atoms with Gasteiger partial charge < -0.3 is 0 Å². The van der Waals surface area contributed by atoms with Gasteiger partial charge in [-0.05, 0) is 0 Å². The van der Waals surface area contributed by atoms with Crippen molar-refractivity contribution in [3.8, 4) is 56.4 Å². The molecular formula is C47H29N3Se. The van der Waals surface area contributed by atoms with E-state index < -0.39 is 0 Å². The van der Waals surface area contributed by atoms with Crippen molar-refractivity contribution in [2.24, 2.45) is 0 Å². The summed E-state index contributed by atoms with van der Waals surface area (Å²) in [7, 11) is 0. The third-order valence-electron chi connectivity index (χ3n) is 9.71. The second-order valence-corrected chi connectivity index (χ2v) is 14.9. The number of rotatable bonds is 5. The Morgan fingerprint density at radius 3 is 1.63 bits per heavy atom. The van der Waals surface area contributed by atoms with Crippen LogP contribution in [0.5, 0.6) is 0 Å². The van der Waals surface area contributed by atoms with Crippen LogP contribution in [-0.4, -0.2) is 29.5 Å². The van der Waals surface area contributed by atoms with E-state index in [2.05, 4.69) is 152 Å². The predicted molar refractivity (Wildman–Crippen MR) is 214 cm³/mol. The molecule has 0 aliphatic heterocycles.